The maximum absolute atomic E-state index is 11.8. The lowest BCUT2D eigenvalue weighted by molar-refractivity contribution is 0.0985. The smallest absolute Gasteiger partial charge is 0.176 e. The lowest BCUT2D eigenvalue weighted by Crippen LogP contribution is -2.08. The molecule has 2 N–H and O–H groups in total. The van der Waals surface area contributed by atoms with Gasteiger partial charge in [-0.2, -0.15) is 0 Å². The molecule has 4 nitrogen and oxygen atoms in total. The largest absolute Gasteiger partial charge is 0.493 e. The molecular weight excluding hydrogens is 218 g/mol. The minimum absolute atomic E-state index is 0.0200. The second kappa shape index (κ2) is 4.59. The third kappa shape index (κ3) is 2.17. The first-order valence-electron chi connectivity index (χ1n) is 5.47. The molecule has 1 aromatic carbocycles. The van der Waals surface area contributed by atoms with Gasteiger partial charge in [-0.25, -0.2) is 0 Å². The molecule has 0 amide bonds. The molecule has 0 aliphatic rings. The molecule has 90 valence electrons. The van der Waals surface area contributed by atoms with Crippen molar-refractivity contribution < 1.29 is 13.9 Å². The van der Waals surface area contributed by atoms with Crippen molar-refractivity contribution in [2.45, 2.75) is 13.3 Å². The average Bonchev–Trinajstić information content (AvgIpc) is 2.68. The summed E-state index contributed by atoms with van der Waals surface area (Å²) in [6, 6.07) is 5.40. The number of benzene rings is 1. The monoisotopic (exact) mass is 233 g/mol. The van der Waals surface area contributed by atoms with Crippen LogP contribution in [0.4, 0.5) is 0 Å². The number of carbonyl (C=O) groups is 1. The highest BCUT2D eigenvalue weighted by atomic mass is 16.5. The van der Waals surface area contributed by atoms with Gasteiger partial charge < -0.3 is 14.9 Å². The number of furan rings is 1. The third-order valence-corrected chi connectivity index (χ3v) is 2.62. The van der Waals surface area contributed by atoms with E-state index < -0.39 is 0 Å². The van der Waals surface area contributed by atoms with E-state index >= 15 is 0 Å². The molecule has 17 heavy (non-hydrogen) atoms. The average molecular weight is 233 g/mol. The fourth-order valence-corrected chi connectivity index (χ4v) is 1.84. The van der Waals surface area contributed by atoms with Crippen molar-refractivity contribution in [3.8, 4) is 5.75 Å². The minimum atomic E-state index is 0.0200. The Morgan fingerprint density at radius 2 is 2.18 bits per heavy atom. The second-order valence-corrected chi connectivity index (χ2v) is 3.92. The van der Waals surface area contributed by atoms with Gasteiger partial charge >= 0.3 is 0 Å². The number of hydrogen-bond donors (Lipinski definition) is 1. The van der Waals surface area contributed by atoms with Crippen molar-refractivity contribution in [1.29, 1.82) is 0 Å². The Hall–Kier alpha value is -1.81. The molecule has 1 heterocycles. The van der Waals surface area contributed by atoms with Crippen molar-refractivity contribution >= 4 is 16.8 Å². The molecule has 0 aliphatic carbocycles. The maximum Gasteiger partial charge on any atom is 0.176 e. The molecule has 0 atom stereocenters. The summed E-state index contributed by atoms with van der Waals surface area (Å²) in [4.78, 5) is 11.8. The minimum Gasteiger partial charge on any atom is -0.493 e. The predicted octanol–water partition coefficient (Wildman–Crippen LogP) is 2.28. The van der Waals surface area contributed by atoms with Crippen molar-refractivity contribution in [1.82, 2.24) is 0 Å². The van der Waals surface area contributed by atoms with E-state index in [4.69, 9.17) is 14.9 Å². The number of Topliss-reactive ketones (excluding diaryl/α,β-unsaturated/α-hetero) is 1. The van der Waals surface area contributed by atoms with Crippen LogP contribution >= 0.6 is 0 Å². The van der Waals surface area contributed by atoms with Crippen molar-refractivity contribution in [3.63, 3.8) is 0 Å². The summed E-state index contributed by atoms with van der Waals surface area (Å²) in [5, 5.41) is 0.877. The predicted molar refractivity (Wildman–Crippen MR) is 65.5 cm³/mol. The Balaban J connectivity index is 2.55. The first kappa shape index (κ1) is 11.7. The van der Waals surface area contributed by atoms with E-state index in [9.17, 15) is 4.79 Å². The van der Waals surface area contributed by atoms with Gasteiger partial charge in [0.05, 0.1) is 7.11 Å². The van der Waals surface area contributed by atoms with Gasteiger partial charge in [-0.15, -0.1) is 0 Å². The molecule has 0 bridgehead atoms. The molecule has 0 saturated heterocycles. The number of ether oxygens (including phenoxy) is 1. The van der Waals surface area contributed by atoms with Gasteiger partial charge in [0.1, 0.15) is 5.76 Å². The number of nitrogens with two attached hydrogens (primary N) is 1. The maximum atomic E-state index is 11.8. The molecule has 0 unspecified atom stereocenters. The number of rotatable bonds is 4. The van der Waals surface area contributed by atoms with E-state index in [0.29, 0.717) is 29.9 Å². The van der Waals surface area contributed by atoms with E-state index in [1.165, 1.54) is 0 Å². The molecule has 1 aromatic heterocycles. The van der Waals surface area contributed by atoms with Gasteiger partial charge in [0, 0.05) is 17.4 Å². The highest BCUT2D eigenvalue weighted by Crippen LogP contribution is 2.30. The van der Waals surface area contributed by atoms with Gasteiger partial charge in [-0.1, -0.05) is 0 Å². The first-order valence-corrected chi connectivity index (χ1v) is 5.47. The Morgan fingerprint density at radius 3 is 2.82 bits per heavy atom. The van der Waals surface area contributed by atoms with Gasteiger partial charge in [-0.3, -0.25) is 4.79 Å². The Morgan fingerprint density at radius 1 is 1.41 bits per heavy atom. The summed E-state index contributed by atoms with van der Waals surface area (Å²) >= 11 is 0. The fraction of sp³-hybridized carbons (Fsp3) is 0.308. The molecule has 0 fully saturated rings. The summed E-state index contributed by atoms with van der Waals surface area (Å²) in [6.45, 7) is 2.21. The Kier molecular flexibility index (Phi) is 3.15. The van der Waals surface area contributed by atoms with E-state index in [2.05, 4.69) is 0 Å². The zero-order chi connectivity index (χ0) is 12.4. The number of fused-ring (bicyclic) bond motifs is 1. The molecule has 0 aliphatic heterocycles. The lowest BCUT2D eigenvalue weighted by Gasteiger charge is -2.04. The van der Waals surface area contributed by atoms with Crippen LogP contribution < -0.4 is 10.5 Å². The van der Waals surface area contributed by atoms with E-state index in [1.807, 2.05) is 19.1 Å². The van der Waals surface area contributed by atoms with E-state index in [0.717, 1.165) is 11.1 Å². The van der Waals surface area contributed by atoms with Gasteiger partial charge in [0.2, 0.25) is 0 Å². The summed E-state index contributed by atoms with van der Waals surface area (Å²) in [5.74, 6) is 1.39. The number of aryl methyl sites for hydroxylation is 1. The van der Waals surface area contributed by atoms with Crippen LogP contribution in [0.2, 0.25) is 0 Å². The van der Waals surface area contributed by atoms with Crippen LogP contribution in [0.15, 0.2) is 22.6 Å². The van der Waals surface area contributed by atoms with Crippen LogP contribution in [0.3, 0.4) is 0 Å². The summed E-state index contributed by atoms with van der Waals surface area (Å²) < 4.78 is 10.8. The topological polar surface area (TPSA) is 65.5 Å². The molecule has 2 aromatic rings. The van der Waals surface area contributed by atoms with Crippen LogP contribution in [0.5, 0.6) is 5.75 Å². The standard InChI is InChI=1S/C13H15NO3/c1-8-5-10-6-9(11(15)3-4-14)7-12(16-2)13(10)17-8/h5-7H,3-4,14H2,1-2H3. The summed E-state index contributed by atoms with van der Waals surface area (Å²) in [6.07, 6.45) is 0.339. The summed E-state index contributed by atoms with van der Waals surface area (Å²) in [5.41, 5.74) is 6.67. The van der Waals surface area contributed by atoms with Crippen molar-refractivity contribution in [3.05, 3.63) is 29.5 Å². The van der Waals surface area contributed by atoms with Crippen LogP contribution in [0.1, 0.15) is 22.5 Å². The van der Waals surface area contributed by atoms with Gasteiger partial charge in [-0.05, 0) is 31.7 Å². The number of ketones is 1. The number of carbonyl (C=O) groups excluding carboxylic acids is 1. The third-order valence-electron chi connectivity index (χ3n) is 2.62. The van der Waals surface area contributed by atoms with E-state index in [-0.39, 0.29) is 5.78 Å². The normalized spacial score (nSPS) is 10.8. The van der Waals surface area contributed by atoms with Crippen LogP contribution in [-0.2, 0) is 0 Å². The molecule has 4 heteroatoms. The van der Waals surface area contributed by atoms with Crippen molar-refractivity contribution in [2.75, 3.05) is 13.7 Å². The molecule has 0 saturated carbocycles. The van der Waals surface area contributed by atoms with Crippen LogP contribution in [-0.4, -0.2) is 19.4 Å². The molecule has 2 rings (SSSR count). The fourth-order valence-electron chi connectivity index (χ4n) is 1.84. The van der Waals surface area contributed by atoms with Crippen LogP contribution in [0.25, 0.3) is 11.0 Å². The SMILES string of the molecule is COc1cc(C(=O)CCN)cc2cc(C)oc12. The zero-order valence-corrected chi connectivity index (χ0v) is 9.95. The number of methoxy groups -OCH3 is 1. The lowest BCUT2D eigenvalue weighted by atomic mass is 10.1. The van der Waals surface area contributed by atoms with Crippen molar-refractivity contribution in [2.24, 2.45) is 5.73 Å². The van der Waals surface area contributed by atoms with Gasteiger partial charge in [0.15, 0.2) is 17.1 Å². The van der Waals surface area contributed by atoms with Crippen LogP contribution in [0, 0.1) is 6.92 Å². The molecule has 0 radical (unpaired) electrons. The molecular formula is C13H15NO3. The highest BCUT2D eigenvalue weighted by molar-refractivity contribution is 6.01. The summed E-state index contributed by atoms with van der Waals surface area (Å²) in [7, 11) is 1.56. The molecule has 0 spiro atoms. The zero-order valence-electron chi connectivity index (χ0n) is 9.95. The Bertz CT molecular complexity index is 557. The number of hydrogen-bond acceptors (Lipinski definition) is 4. The quantitative estimate of drug-likeness (QED) is 0.823. The Labute approximate surface area is 99.3 Å². The van der Waals surface area contributed by atoms with E-state index in [1.54, 1.807) is 13.2 Å². The highest BCUT2D eigenvalue weighted by Gasteiger charge is 2.13. The van der Waals surface area contributed by atoms with Gasteiger partial charge in [0.25, 0.3) is 0 Å². The second-order valence-electron chi connectivity index (χ2n) is 3.92. The first-order chi connectivity index (χ1) is 8.15.